The molecule has 20 heavy (non-hydrogen) atoms. The van der Waals surface area contributed by atoms with Crippen LogP contribution in [-0.2, 0) is 6.18 Å². The third kappa shape index (κ3) is 3.19. The lowest BCUT2D eigenvalue weighted by atomic mass is 10.3. The number of aromatic nitrogens is 3. The van der Waals surface area contributed by atoms with Crippen LogP contribution in [0, 0.1) is 0 Å². The zero-order valence-electron chi connectivity index (χ0n) is 9.63. The Morgan fingerprint density at radius 1 is 1.30 bits per heavy atom. The molecule has 0 radical (unpaired) electrons. The van der Waals surface area contributed by atoms with Crippen molar-refractivity contribution in [1.29, 1.82) is 0 Å². The molecule has 0 fully saturated rings. The van der Waals surface area contributed by atoms with Gasteiger partial charge in [-0.1, -0.05) is 0 Å². The molecule has 0 spiro atoms. The Labute approximate surface area is 109 Å². The van der Waals surface area contributed by atoms with Gasteiger partial charge >= 0.3 is 18.2 Å². The minimum absolute atomic E-state index is 0.0794. The molecule has 0 amide bonds. The minimum atomic E-state index is -4.62. The molecular weight excluding hydrogens is 279 g/mol. The SMILES string of the molecule is O=C(O)c1cncc(Oc2nccc(C(F)(F)F)n2)c1. The van der Waals surface area contributed by atoms with E-state index < -0.39 is 23.8 Å². The van der Waals surface area contributed by atoms with Gasteiger partial charge in [-0.15, -0.1) is 0 Å². The van der Waals surface area contributed by atoms with Gasteiger partial charge in [-0.3, -0.25) is 4.98 Å². The lowest BCUT2D eigenvalue weighted by Crippen LogP contribution is -2.09. The summed E-state index contributed by atoms with van der Waals surface area (Å²) in [5, 5.41) is 8.75. The van der Waals surface area contributed by atoms with Crippen LogP contribution in [0.5, 0.6) is 11.8 Å². The number of hydrogen-bond donors (Lipinski definition) is 1. The van der Waals surface area contributed by atoms with Crippen LogP contribution in [0.2, 0.25) is 0 Å². The van der Waals surface area contributed by atoms with Gasteiger partial charge in [-0.2, -0.15) is 18.2 Å². The molecule has 0 aliphatic carbocycles. The van der Waals surface area contributed by atoms with Crippen LogP contribution >= 0.6 is 0 Å². The first kappa shape index (κ1) is 13.7. The van der Waals surface area contributed by atoms with E-state index in [1.165, 1.54) is 0 Å². The Morgan fingerprint density at radius 2 is 2.05 bits per heavy atom. The van der Waals surface area contributed by atoms with E-state index >= 15 is 0 Å². The summed E-state index contributed by atoms with van der Waals surface area (Å²) in [5.41, 5.74) is -1.33. The highest BCUT2D eigenvalue weighted by atomic mass is 19.4. The number of alkyl halides is 3. The monoisotopic (exact) mass is 285 g/mol. The van der Waals surface area contributed by atoms with Crippen molar-refractivity contribution in [3.8, 4) is 11.8 Å². The van der Waals surface area contributed by atoms with Crippen molar-refractivity contribution in [3.63, 3.8) is 0 Å². The number of hydrogen-bond acceptors (Lipinski definition) is 5. The fraction of sp³-hybridized carbons (Fsp3) is 0.0909. The van der Waals surface area contributed by atoms with Gasteiger partial charge in [0, 0.05) is 12.4 Å². The molecule has 1 N–H and O–H groups in total. The molecule has 0 bridgehead atoms. The molecule has 0 unspecified atom stereocenters. The van der Waals surface area contributed by atoms with Crippen molar-refractivity contribution < 1.29 is 27.8 Å². The van der Waals surface area contributed by atoms with Crippen molar-refractivity contribution in [2.45, 2.75) is 6.18 Å². The maximum absolute atomic E-state index is 12.4. The summed E-state index contributed by atoms with van der Waals surface area (Å²) >= 11 is 0. The molecule has 2 rings (SSSR count). The molecular formula is C11H6F3N3O3. The van der Waals surface area contributed by atoms with Crippen molar-refractivity contribution in [3.05, 3.63) is 42.0 Å². The molecule has 0 saturated carbocycles. The van der Waals surface area contributed by atoms with Gasteiger partial charge in [-0.25, -0.2) is 9.78 Å². The molecule has 0 aliphatic heterocycles. The Morgan fingerprint density at radius 3 is 2.70 bits per heavy atom. The molecule has 104 valence electrons. The number of carboxylic acid groups (broad SMARTS) is 1. The number of ether oxygens (including phenoxy) is 1. The van der Waals surface area contributed by atoms with E-state index in [0.717, 1.165) is 24.7 Å². The molecule has 0 atom stereocenters. The van der Waals surface area contributed by atoms with Crippen LogP contribution in [-0.4, -0.2) is 26.0 Å². The van der Waals surface area contributed by atoms with Crippen molar-refractivity contribution in [1.82, 2.24) is 15.0 Å². The fourth-order valence-electron chi connectivity index (χ4n) is 1.24. The smallest absolute Gasteiger partial charge is 0.433 e. The molecule has 0 aromatic carbocycles. The first-order chi connectivity index (χ1) is 9.36. The number of carboxylic acids is 1. The van der Waals surface area contributed by atoms with E-state index in [1.54, 1.807) is 0 Å². The second kappa shape index (κ2) is 5.11. The average molecular weight is 285 g/mol. The Bertz CT molecular complexity index is 646. The van der Waals surface area contributed by atoms with Crippen LogP contribution in [0.1, 0.15) is 16.1 Å². The Balaban J connectivity index is 2.26. The number of nitrogens with zero attached hydrogens (tertiary/aromatic N) is 3. The quantitative estimate of drug-likeness (QED) is 0.931. The van der Waals surface area contributed by atoms with Gasteiger partial charge in [0.15, 0.2) is 5.69 Å². The second-order valence-electron chi connectivity index (χ2n) is 3.54. The molecule has 2 heterocycles. The minimum Gasteiger partial charge on any atom is -0.478 e. The third-order valence-electron chi connectivity index (χ3n) is 2.09. The highest BCUT2D eigenvalue weighted by molar-refractivity contribution is 5.87. The van der Waals surface area contributed by atoms with Crippen LogP contribution in [0.25, 0.3) is 0 Å². The fourth-order valence-corrected chi connectivity index (χ4v) is 1.24. The van der Waals surface area contributed by atoms with Crippen LogP contribution in [0.15, 0.2) is 30.7 Å². The van der Waals surface area contributed by atoms with E-state index in [1.807, 2.05) is 0 Å². The van der Waals surface area contributed by atoms with Crippen LogP contribution < -0.4 is 4.74 Å². The third-order valence-corrected chi connectivity index (χ3v) is 2.09. The highest BCUT2D eigenvalue weighted by Gasteiger charge is 2.33. The lowest BCUT2D eigenvalue weighted by molar-refractivity contribution is -0.141. The van der Waals surface area contributed by atoms with Gasteiger partial charge in [-0.05, 0) is 12.1 Å². The van der Waals surface area contributed by atoms with Crippen molar-refractivity contribution in [2.24, 2.45) is 0 Å². The van der Waals surface area contributed by atoms with E-state index in [2.05, 4.69) is 15.0 Å². The molecule has 0 saturated heterocycles. The van der Waals surface area contributed by atoms with Gasteiger partial charge < -0.3 is 9.84 Å². The number of rotatable bonds is 3. The zero-order valence-corrected chi connectivity index (χ0v) is 9.63. The summed E-state index contributed by atoms with van der Waals surface area (Å²) < 4.78 is 42.3. The first-order valence-corrected chi connectivity index (χ1v) is 5.13. The normalized spacial score (nSPS) is 11.2. The standard InChI is InChI=1S/C11H6F3N3O3/c12-11(13,14)8-1-2-16-10(17-8)20-7-3-6(9(18)19)4-15-5-7/h1-5H,(H,18,19). The Hall–Kier alpha value is -2.71. The average Bonchev–Trinajstić information content (AvgIpc) is 2.38. The van der Waals surface area contributed by atoms with E-state index in [-0.39, 0.29) is 11.3 Å². The van der Waals surface area contributed by atoms with Crippen molar-refractivity contribution in [2.75, 3.05) is 0 Å². The number of aromatic carboxylic acids is 1. The molecule has 6 nitrogen and oxygen atoms in total. The summed E-state index contributed by atoms with van der Waals surface area (Å²) in [4.78, 5) is 21.0. The zero-order chi connectivity index (χ0) is 14.8. The van der Waals surface area contributed by atoms with E-state index in [9.17, 15) is 18.0 Å². The van der Waals surface area contributed by atoms with Gasteiger partial charge in [0.1, 0.15) is 5.75 Å². The topological polar surface area (TPSA) is 85.2 Å². The summed E-state index contributed by atoms with van der Waals surface area (Å²) in [6, 6.07) is 1.24. The number of halogens is 3. The summed E-state index contributed by atoms with van der Waals surface area (Å²) in [5.74, 6) is -1.32. The predicted octanol–water partition coefficient (Wildman–Crippen LogP) is 2.38. The first-order valence-electron chi connectivity index (χ1n) is 5.13. The summed E-state index contributed by atoms with van der Waals surface area (Å²) in [7, 11) is 0. The molecule has 2 aromatic heterocycles. The maximum atomic E-state index is 12.4. The summed E-state index contributed by atoms with van der Waals surface area (Å²) in [6.07, 6.45) is -1.53. The molecule has 0 aliphatic rings. The lowest BCUT2D eigenvalue weighted by Gasteiger charge is -2.07. The molecule has 9 heteroatoms. The van der Waals surface area contributed by atoms with Crippen molar-refractivity contribution >= 4 is 5.97 Å². The maximum Gasteiger partial charge on any atom is 0.433 e. The predicted molar refractivity (Wildman–Crippen MR) is 58.3 cm³/mol. The summed E-state index contributed by atoms with van der Waals surface area (Å²) in [6.45, 7) is 0. The van der Waals surface area contributed by atoms with E-state index in [4.69, 9.17) is 9.84 Å². The molecule has 2 aromatic rings. The van der Waals surface area contributed by atoms with Crippen LogP contribution in [0.3, 0.4) is 0 Å². The Kier molecular flexibility index (Phi) is 3.51. The van der Waals surface area contributed by atoms with Crippen LogP contribution in [0.4, 0.5) is 13.2 Å². The second-order valence-corrected chi connectivity index (χ2v) is 3.54. The highest BCUT2D eigenvalue weighted by Crippen LogP contribution is 2.28. The van der Waals surface area contributed by atoms with Gasteiger partial charge in [0.05, 0.1) is 11.8 Å². The largest absolute Gasteiger partial charge is 0.478 e. The number of pyridine rings is 1. The number of carbonyl (C=O) groups is 1. The van der Waals surface area contributed by atoms with Gasteiger partial charge in [0.25, 0.3) is 0 Å². The van der Waals surface area contributed by atoms with Gasteiger partial charge in [0.2, 0.25) is 0 Å². The van der Waals surface area contributed by atoms with E-state index in [0.29, 0.717) is 6.07 Å².